The Morgan fingerprint density at radius 1 is 1.38 bits per heavy atom. The average Bonchev–Trinajstić information content (AvgIpc) is 2.88. The van der Waals surface area contributed by atoms with Gasteiger partial charge in [-0.1, -0.05) is 12.1 Å². The van der Waals surface area contributed by atoms with Crippen molar-refractivity contribution in [3.8, 4) is 5.75 Å². The number of rotatable bonds is 7. The molecule has 0 aliphatic heterocycles. The van der Waals surface area contributed by atoms with Crippen molar-refractivity contribution >= 4 is 11.7 Å². The molecule has 0 bridgehead atoms. The SMILES string of the molecule is COC(=O)C(N)Cc1ccc(OC)c(Cn2nc(C)c([N+](=O)[O-])c2C)c1. The number of ether oxygens (including phenoxy) is 2. The molecule has 0 radical (unpaired) electrons. The highest BCUT2D eigenvalue weighted by Gasteiger charge is 2.22. The van der Waals surface area contributed by atoms with Gasteiger partial charge >= 0.3 is 11.7 Å². The number of carbonyl (C=O) groups is 1. The number of aromatic nitrogens is 2. The minimum absolute atomic E-state index is 0.00725. The normalized spacial score (nSPS) is 11.9. The van der Waals surface area contributed by atoms with E-state index in [1.165, 1.54) is 7.11 Å². The lowest BCUT2D eigenvalue weighted by Crippen LogP contribution is -2.33. The Balaban J connectivity index is 2.34. The van der Waals surface area contributed by atoms with Gasteiger partial charge in [0.15, 0.2) is 0 Å². The summed E-state index contributed by atoms with van der Waals surface area (Å²) in [4.78, 5) is 22.2. The van der Waals surface area contributed by atoms with E-state index in [1.54, 1.807) is 31.7 Å². The van der Waals surface area contributed by atoms with Gasteiger partial charge in [0.25, 0.3) is 0 Å². The smallest absolute Gasteiger partial charge is 0.322 e. The molecule has 2 aromatic rings. The number of benzene rings is 1. The Labute approximate surface area is 150 Å². The molecule has 2 N–H and O–H groups in total. The summed E-state index contributed by atoms with van der Waals surface area (Å²) in [5.74, 6) is 0.132. The van der Waals surface area contributed by atoms with Crippen LogP contribution >= 0.6 is 0 Å². The summed E-state index contributed by atoms with van der Waals surface area (Å²) < 4.78 is 11.6. The second-order valence-electron chi connectivity index (χ2n) is 5.91. The van der Waals surface area contributed by atoms with Gasteiger partial charge < -0.3 is 15.2 Å². The fourth-order valence-corrected chi connectivity index (χ4v) is 2.84. The maximum absolute atomic E-state index is 11.5. The maximum Gasteiger partial charge on any atom is 0.322 e. The molecule has 0 aliphatic rings. The zero-order valence-electron chi connectivity index (χ0n) is 15.2. The van der Waals surface area contributed by atoms with Gasteiger partial charge in [-0.2, -0.15) is 5.10 Å². The summed E-state index contributed by atoms with van der Waals surface area (Å²) in [5.41, 5.74) is 8.25. The molecule has 9 heteroatoms. The molecule has 1 unspecified atom stereocenters. The Bertz CT molecular complexity index is 831. The Morgan fingerprint density at radius 3 is 2.62 bits per heavy atom. The van der Waals surface area contributed by atoms with Crippen LogP contribution in [-0.2, 0) is 22.5 Å². The van der Waals surface area contributed by atoms with Crippen molar-refractivity contribution in [3.63, 3.8) is 0 Å². The topological polar surface area (TPSA) is 123 Å². The summed E-state index contributed by atoms with van der Waals surface area (Å²) in [6.45, 7) is 3.55. The van der Waals surface area contributed by atoms with Gasteiger partial charge in [0.2, 0.25) is 0 Å². The molecule has 26 heavy (non-hydrogen) atoms. The van der Waals surface area contributed by atoms with Crippen LogP contribution in [0.5, 0.6) is 5.75 Å². The fraction of sp³-hybridized carbons (Fsp3) is 0.412. The van der Waals surface area contributed by atoms with E-state index in [2.05, 4.69) is 9.84 Å². The quantitative estimate of drug-likeness (QED) is 0.450. The number of esters is 1. The van der Waals surface area contributed by atoms with Gasteiger partial charge in [-0.05, 0) is 31.9 Å². The lowest BCUT2D eigenvalue weighted by molar-refractivity contribution is -0.386. The van der Waals surface area contributed by atoms with E-state index in [0.29, 0.717) is 30.1 Å². The van der Waals surface area contributed by atoms with Gasteiger partial charge in [-0.3, -0.25) is 19.6 Å². The third-order valence-electron chi connectivity index (χ3n) is 4.15. The monoisotopic (exact) mass is 362 g/mol. The fourth-order valence-electron chi connectivity index (χ4n) is 2.84. The van der Waals surface area contributed by atoms with Crippen LogP contribution in [0.2, 0.25) is 0 Å². The minimum Gasteiger partial charge on any atom is -0.496 e. The first-order chi connectivity index (χ1) is 12.3. The van der Waals surface area contributed by atoms with Crippen LogP contribution in [0.4, 0.5) is 5.69 Å². The lowest BCUT2D eigenvalue weighted by Gasteiger charge is -2.14. The van der Waals surface area contributed by atoms with Crippen molar-refractivity contribution in [2.45, 2.75) is 32.9 Å². The van der Waals surface area contributed by atoms with Crippen LogP contribution < -0.4 is 10.5 Å². The number of aryl methyl sites for hydroxylation is 1. The predicted octanol–water partition coefficient (Wildman–Crippen LogP) is 1.51. The molecule has 0 saturated heterocycles. The average molecular weight is 362 g/mol. The molecule has 0 spiro atoms. The van der Waals surface area contributed by atoms with Crippen LogP contribution in [0, 0.1) is 24.0 Å². The molecule has 1 heterocycles. The van der Waals surface area contributed by atoms with Gasteiger partial charge in [0.1, 0.15) is 23.2 Å². The first kappa shape index (κ1) is 19.4. The third kappa shape index (κ3) is 3.99. The Hall–Kier alpha value is -2.94. The molecule has 1 atom stereocenters. The number of hydrogen-bond acceptors (Lipinski definition) is 7. The summed E-state index contributed by atoms with van der Waals surface area (Å²) >= 11 is 0. The largest absolute Gasteiger partial charge is 0.496 e. The van der Waals surface area contributed by atoms with Crippen molar-refractivity contribution < 1.29 is 19.2 Å². The van der Waals surface area contributed by atoms with Crippen molar-refractivity contribution in [3.05, 3.63) is 50.8 Å². The van der Waals surface area contributed by atoms with E-state index in [0.717, 1.165) is 11.1 Å². The molecule has 0 fully saturated rings. The van der Waals surface area contributed by atoms with Crippen LogP contribution in [0.3, 0.4) is 0 Å². The van der Waals surface area contributed by atoms with E-state index < -0.39 is 16.9 Å². The molecule has 0 amide bonds. The predicted molar refractivity (Wildman–Crippen MR) is 94.1 cm³/mol. The summed E-state index contributed by atoms with van der Waals surface area (Å²) in [6, 6.07) is 4.67. The third-order valence-corrected chi connectivity index (χ3v) is 4.15. The second-order valence-corrected chi connectivity index (χ2v) is 5.91. The van der Waals surface area contributed by atoms with Crippen molar-refractivity contribution in [1.29, 1.82) is 0 Å². The summed E-state index contributed by atoms with van der Waals surface area (Å²) in [7, 11) is 2.83. The van der Waals surface area contributed by atoms with E-state index in [-0.39, 0.29) is 5.69 Å². The van der Waals surface area contributed by atoms with Crippen molar-refractivity contribution in [2.75, 3.05) is 14.2 Å². The highest BCUT2D eigenvalue weighted by atomic mass is 16.6. The second kappa shape index (κ2) is 7.96. The van der Waals surface area contributed by atoms with Crippen LogP contribution in [0.1, 0.15) is 22.5 Å². The molecule has 1 aromatic carbocycles. The number of nitrogens with zero attached hydrogens (tertiary/aromatic N) is 3. The van der Waals surface area contributed by atoms with E-state index >= 15 is 0 Å². The molecular weight excluding hydrogens is 340 g/mol. The molecular formula is C17H22N4O5. The number of methoxy groups -OCH3 is 2. The zero-order valence-corrected chi connectivity index (χ0v) is 15.2. The maximum atomic E-state index is 11.5. The van der Waals surface area contributed by atoms with Crippen LogP contribution in [0.25, 0.3) is 0 Å². The molecule has 2 rings (SSSR count). The molecule has 9 nitrogen and oxygen atoms in total. The van der Waals surface area contributed by atoms with Gasteiger partial charge in [-0.15, -0.1) is 0 Å². The standard InChI is InChI=1S/C17H22N4O5/c1-10-16(21(23)24)11(2)20(19-10)9-13-7-12(5-6-15(13)25-3)8-14(18)17(22)26-4/h5-7,14H,8-9,18H2,1-4H3. The van der Waals surface area contributed by atoms with Gasteiger partial charge in [-0.25, -0.2) is 0 Å². The first-order valence-corrected chi connectivity index (χ1v) is 7.96. The summed E-state index contributed by atoms with van der Waals surface area (Å²) in [6.07, 6.45) is 0.306. The van der Waals surface area contributed by atoms with Crippen LogP contribution in [-0.4, -0.2) is 40.9 Å². The van der Waals surface area contributed by atoms with E-state index in [9.17, 15) is 14.9 Å². The van der Waals surface area contributed by atoms with Crippen molar-refractivity contribution in [1.82, 2.24) is 9.78 Å². The number of hydrogen-bond donors (Lipinski definition) is 1. The number of nitrogens with two attached hydrogens (primary N) is 1. The van der Waals surface area contributed by atoms with Crippen molar-refractivity contribution in [2.24, 2.45) is 5.73 Å². The highest BCUT2D eigenvalue weighted by molar-refractivity contribution is 5.75. The minimum atomic E-state index is -0.768. The Morgan fingerprint density at radius 2 is 2.08 bits per heavy atom. The molecule has 0 aliphatic carbocycles. The van der Waals surface area contributed by atoms with Crippen LogP contribution in [0.15, 0.2) is 18.2 Å². The number of nitro groups is 1. The highest BCUT2D eigenvalue weighted by Crippen LogP contribution is 2.26. The summed E-state index contributed by atoms with van der Waals surface area (Å²) in [5, 5.41) is 15.4. The Kier molecular flexibility index (Phi) is 5.93. The lowest BCUT2D eigenvalue weighted by atomic mass is 10.0. The van der Waals surface area contributed by atoms with E-state index in [4.69, 9.17) is 10.5 Å². The molecule has 0 saturated carbocycles. The molecule has 1 aromatic heterocycles. The van der Waals surface area contributed by atoms with E-state index in [1.807, 2.05) is 12.1 Å². The number of carbonyl (C=O) groups excluding carboxylic acids is 1. The van der Waals surface area contributed by atoms with Gasteiger partial charge in [0, 0.05) is 5.56 Å². The molecule has 140 valence electrons. The zero-order chi connectivity index (χ0) is 19.4. The first-order valence-electron chi connectivity index (χ1n) is 7.96. The van der Waals surface area contributed by atoms with Gasteiger partial charge in [0.05, 0.1) is 25.7 Å².